The van der Waals surface area contributed by atoms with Crippen molar-refractivity contribution in [3.8, 4) is 5.75 Å². The number of hydrogen-bond donors (Lipinski definition) is 1. The molecule has 1 N–H and O–H groups in total. The van der Waals surface area contributed by atoms with E-state index in [9.17, 15) is 4.79 Å². The Kier molecular flexibility index (Phi) is 4.76. The van der Waals surface area contributed by atoms with Crippen molar-refractivity contribution in [2.75, 3.05) is 13.7 Å². The summed E-state index contributed by atoms with van der Waals surface area (Å²) in [5, 5.41) is 2.81. The lowest BCUT2D eigenvalue weighted by Gasteiger charge is -2.21. The number of hydrogen-bond acceptors (Lipinski definition) is 2. The van der Waals surface area contributed by atoms with E-state index in [4.69, 9.17) is 4.74 Å². The van der Waals surface area contributed by atoms with Crippen LogP contribution in [-0.4, -0.2) is 19.6 Å². The molecule has 0 bridgehead atoms. The van der Waals surface area contributed by atoms with Crippen LogP contribution in [0.25, 0.3) is 0 Å². The van der Waals surface area contributed by atoms with Crippen molar-refractivity contribution in [3.63, 3.8) is 0 Å². The molecular formula is C15H23NO2. The van der Waals surface area contributed by atoms with Gasteiger partial charge in [0.05, 0.1) is 7.11 Å². The third-order valence-corrected chi connectivity index (χ3v) is 2.91. The fourth-order valence-corrected chi connectivity index (χ4v) is 1.81. The van der Waals surface area contributed by atoms with Crippen molar-refractivity contribution in [2.45, 2.75) is 39.5 Å². The molecule has 1 aromatic rings. The summed E-state index contributed by atoms with van der Waals surface area (Å²) in [4.78, 5) is 10.9. The number of rotatable bonds is 4. The Morgan fingerprint density at radius 1 is 1.33 bits per heavy atom. The van der Waals surface area contributed by atoms with Crippen LogP contribution in [0.3, 0.4) is 0 Å². The fourth-order valence-electron chi connectivity index (χ4n) is 1.81. The van der Waals surface area contributed by atoms with Gasteiger partial charge in [0.2, 0.25) is 5.91 Å². The zero-order valence-corrected chi connectivity index (χ0v) is 12.0. The number of methoxy groups -OCH3 is 1. The van der Waals surface area contributed by atoms with Crippen molar-refractivity contribution in [1.29, 1.82) is 0 Å². The Hall–Kier alpha value is -1.51. The molecule has 1 amide bonds. The third kappa shape index (κ3) is 4.06. The maximum Gasteiger partial charge on any atom is 0.216 e. The van der Waals surface area contributed by atoms with E-state index in [1.807, 2.05) is 6.07 Å². The van der Waals surface area contributed by atoms with Crippen molar-refractivity contribution in [1.82, 2.24) is 5.32 Å². The van der Waals surface area contributed by atoms with Gasteiger partial charge < -0.3 is 10.1 Å². The normalized spacial score (nSPS) is 11.2. The van der Waals surface area contributed by atoms with Gasteiger partial charge in [0.25, 0.3) is 0 Å². The summed E-state index contributed by atoms with van der Waals surface area (Å²) >= 11 is 0. The second-order valence-corrected chi connectivity index (χ2v) is 5.51. The van der Waals surface area contributed by atoms with Crippen LogP contribution in [0.5, 0.6) is 5.75 Å². The van der Waals surface area contributed by atoms with Crippen LogP contribution in [0.1, 0.15) is 38.8 Å². The predicted octanol–water partition coefficient (Wildman–Crippen LogP) is 2.67. The van der Waals surface area contributed by atoms with Gasteiger partial charge in [-0.25, -0.2) is 0 Å². The highest BCUT2D eigenvalue weighted by Crippen LogP contribution is 2.28. The van der Waals surface area contributed by atoms with Crippen molar-refractivity contribution >= 4 is 5.91 Å². The van der Waals surface area contributed by atoms with Gasteiger partial charge in [0, 0.05) is 13.5 Å². The number of nitrogens with one attached hydrogen (secondary N) is 1. The lowest BCUT2D eigenvalue weighted by molar-refractivity contribution is -0.118. The average Bonchev–Trinajstić information content (AvgIpc) is 2.27. The average molecular weight is 249 g/mol. The first kappa shape index (κ1) is 14.6. The van der Waals surface area contributed by atoms with Crippen LogP contribution < -0.4 is 10.1 Å². The van der Waals surface area contributed by atoms with E-state index >= 15 is 0 Å². The Morgan fingerprint density at radius 2 is 2.00 bits per heavy atom. The van der Waals surface area contributed by atoms with E-state index in [-0.39, 0.29) is 11.3 Å². The second-order valence-electron chi connectivity index (χ2n) is 5.51. The Labute approximate surface area is 110 Å². The lowest BCUT2D eigenvalue weighted by Crippen LogP contribution is -2.22. The van der Waals surface area contributed by atoms with Gasteiger partial charge in [-0.15, -0.1) is 0 Å². The summed E-state index contributed by atoms with van der Waals surface area (Å²) in [7, 11) is 1.67. The summed E-state index contributed by atoms with van der Waals surface area (Å²) in [5.41, 5.74) is 2.54. The molecule has 18 heavy (non-hydrogen) atoms. The topological polar surface area (TPSA) is 38.3 Å². The highest BCUT2D eigenvalue weighted by Gasteiger charge is 2.15. The summed E-state index contributed by atoms with van der Waals surface area (Å²) in [6, 6.07) is 6.27. The molecule has 0 spiro atoms. The van der Waals surface area contributed by atoms with Crippen molar-refractivity contribution in [2.24, 2.45) is 0 Å². The molecule has 1 aromatic carbocycles. The van der Waals surface area contributed by atoms with Gasteiger partial charge in [-0.1, -0.05) is 32.9 Å². The van der Waals surface area contributed by atoms with E-state index in [1.165, 1.54) is 12.5 Å². The summed E-state index contributed by atoms with van der Waals surface area (Å²) in [6.45, 7) is 8.73. The summed E-state index contributed by atoms with van der Waals surface area (Å²) in [6.07, 6.45) is 0.784. The van der Waals surface area contributed by atoms with Crippen LogP contribution >= 0.6 is 0 Å². The van der Waals surface area contributed by atoms with Crippen LogP contribution in [-0.2, 0) is 16.6 Å². The zero-order valence-electron chi connectivity index (χ0n) is 12.0. The first-order valence-corrected chi connectivity index (χ1v) is 6.26. The standard InChI is InChI=1S/C15H23NO2/c1-11(17)16-9-8-12-10-13(15(2,3)4)6-7-14(12)18-5/h6-7,10H,8-9H2,1-5H3,(H,16,17). The maximum absolute atomic E-state index is 10.9. The first-order chi connectivity index (χ1) is 8.34. The van der Waals surface area contributed by atoms with Gasteiger partial charge in [-0.3, -0.25) is 4.79 Å². The Bertz CT molecular complexity index is 419. The SMILES string of the molecule is COc1ccc(C(C)(C)C)cc1CCNC(C)=O. The van der Waals surface area contributed by atoms with E-state index in [0.717, 1.165) is 17.7 Å². The smallest absolute Gasteiger partial charge is 0.216 e. The van der Waals surface area contributed by atoms with E-state index in [0.29, 0.717) is 6.54 Å². The van der Waals surface area contributed by atoms with Crippen molar-refractivity contribution < 1.29 is 9.53 Å². The summed E-state index contributed by atoms with van der Waals surface area (Å²) < 4.78 is 5.36. The van der Waals surface area contributed by atoms with E-state index in [2.05, 4.69) is 38.2 Å². The molecule has 0 radical (unpaired) electrons. The molecule has 1 rings (SSSR count). The summed E-state index contributed by atoms with van der Waals surface area (Å²) in [5.74, 6) is 0.884. The number of carbonyl (C=O) groups is 1. The molecule has 0 atom stereocenters. The molecule has 0 aliphatic heterocycles. The molecule has 0 saturated heterocycles. The van der Waals surface area contributed by atoms with Gasteiger partial charge in [-0.2, -0.15) is 0 Å². The monoisotopic (exact) mass is 249 g/mol. The minimum Gasteiger partial charge on any atom is -0.496 e. The number of benzene rings is 1. The van der Waals surface area contributed by atoms with Crippen molar-refractivity contribution in [3.05, 3.63) is 29.3 Å². The molecule has 0 aliphatic rings. The Balaban J connectivity index is 2.89. The molecule has 0 heterocycles. The first-order valence-electron chi connectivity index (χ1n) is 6.26. The molecule has 0 aromatic heterocycles. The fraction of sp³-hybridized carbons (Fsp3) is 0.533. The minimum atomic E-state index is 0.000873. The molecule has 3 heteroatoms. The lowest BCUT2D eigenvalue weighted by atomic mass is 9.85. The van der Waals surface area contributed by atoms with Crippen LogP contribution in [0.4, 0.5) is 0 Å². The molecule has 3 nitrogen and oxygen atoms in total. The van der Waals surface area contributed by atoms with Gasteiger partial charge in [0.1, 0.15) is 5.75 Å². The number of carbonyl (C=O) groups excluding carboxylic acids is 1. The second kappa shape index (κ2) is 5.89. The number of ether oxygens (including phenoxy) is 1. The van der Waals surface area contributed by atoms with E-state index < -0.39 is 0 Å². The molecule has 0 saturated carbocycles. The van der Waals surface area contributed by atoms with E-state index in [1.54, 1.807) is 7.11 Å². The number of amides is 1. The third-order valence-electron chi connectivity index (χ3n) is 2.91. The highest BCUT2D eigenvalue weighted by atomic mass is 16.5. The molecule has 0 aliphatic carbocycles. The van der Waals surface area contributed by atoms with Crippen LogP contribution in [0, 0.1) is 0 Å². The largest absolute Gasteiger partial charge is 0.496 e. The maximum atomic E-state index is 10.9. The quantitative estimate of drug-likeness (QED) is 0.891. The molecular weight excluding hydrogens is 226 g/mol. The highest BCUT2D eigenvalue weighted by molar-refractivity contribution is 5.72. The molecule has 100 valence electrons. The van der Waals surface area contributed by atoms with Gasteiger partial charge in [0.15, 0.2) is 0 Å². The van der Waals surface area contributed by atoms with Crippen LogP contribution in [0.15, 0.2) is 18.2 Å². The van der Waals surface area contributed by atoms with Crippen LogP contribution in [0.2, 0.25) is 0 Å². The molecule has 0 fully saturated rings. The zero-order chi connectivity index (χ0) is 13.8. The van der Waals surface area contributed by atoms with Gasteiger partial charge >= 0.3 is 0 Å². The van der Waals surface area contributed by atoms with Gasteiger partial charge in [-0.05, 0) is 29.0 Å². The Morgan fingerprint density at radius 3 is 2.50 bits per heavy atom. The predicted molar refractivity (Wildman–Crippen MR) is 74.1 cm³/mol. The minimum absolute atomic E-state index is 0.000873. The molecule has 0 unspecified atom stereocenters.